The van der Waals surface area contributed by atoms with Crippen LogP contribution in [0.4, 0.5) is 4.79 Å². The van der Waals surface area contributed by atoms with Crippen molar-refractivity contribution in [2.45, 2.75) is 45.9 Å². The highest BCUT2D eigenvalue weighted by Gasteiger charge is 2.27. The molecule has 1 amide bonds. The number of carbonyl (C=O) groups excluding carboxylic acids is 1. The molecule has 1 aliphatic heterocycles. The summed E-state index contributed by atoms with van der Waals surface area (Å²) in [7, 11) is 0. The molecule has 99 valence electrons. The predicted molar refractivity (Wildman–Crippen MR) is 64.1 cm³/mol. The number of hydrogen-bond acceptors (Lipinski definition) is 3. The van der Waals surface area contributed by atoms with E-state index in [0.29, 0.717) is 32.6 Å². The Balaban J connectivity index is 2.39. The van der Waals surface area contributed by atoms with Crippen LogP contribution in [0, 0.1) is 0 Å². The molecule has 0 spiro atoms. The molecule has 0 aromatic heterocycles. The molecule has 0 aliphatic carbocycles. The lowest BCUT2D eigenvalue weighted by molar-refractivity contribution is -0.0712. The lowest BCUT2D eigenvalue weighted by Crippen LogP contribution is -2.52. The van der Waals surface area contributed by atoms with Crippen molar-refractivity contribution in [1.82, 2.24) is 9.80 Å². The average Bonchev–Trinajstić information content (AvgIpc) is 2.26. The van der Waals surface area contributed by atoms with Crippen LogP contribution in [0.3, 0.4) is 0 Å². The van der Waals surface area contributed by atoms with Crippen LogP contribution in [-0.2, 0) is 9.84 Å². The fourth-order valence-corrected chi connectivity index (χ4v) is 1.78. The summed E-state index contributed by atoms with van der Waals surface area (Å²) >= 11 is 0. The monoisotopic (exact) mass is 243 g/mol. The lowest BCUT2D eigenvalue weighted by atomic mass is 10.2. The Kier molecular flexibility index (Phi) is 4.77. The van der Waals surface area contributed by atoms with Crippen molar-refractivity contribution in [3.63, 3.8) is 0 Å². The zero-order chi connectivity index (χ0) is 13.1. The fourth-order valence-electron chi connectivity index (χ4n) is 1.78. The molecule has 1 heterocycles. The van der Waals surface area contributed by atoms with Gasteiger partial charge in [0.25, 0.3) is 0 Å². The van der Waals surface area contributed by atoms with E-state index in [4.69, 9.17) is 4.74 Å². The third-order valence-electron chi connectivity index (χ3n) is 2.72. The molecule has 0 aromatic rings. The van der Waals surface area contributed by atoms with Crippen molar-refractivity contribution in [3.05, 3.63) is 0 Å². The van der Waals surface area contributed by atoms with Crippen LogP contribution in [0.5, 0.6) is 0 Å². The summed E-state index contributed by atoms with van der Waals surface area (Å²) in [5.41, 5.74) is -0.460. The maximum atomic E-state index is 11.8. The van der Waals surface area contributed by atoms with Gasteiger partial charge in [0, 0.05) is 26.2 Å². The summed E-state index contributed by atoms with van der Waals surface area (Å²) in [6, 6.07) is 0. The summed E-state index contributed by atoms with van der Waals surface area (Å²) < 4.78 is 5.29. The van der Waals surface area contributed by atoms with Crippen molar-refractivity contribution in [1.29, 1.82) is 0 Å². The van der Waals surface area contributed by atoms with Gasteiger partial charge in [0.1, 0.15) is 11.8 Å². The summed E-state index contributed by atoms with van der Waals surface area (Å²) in [4.78, 5) is 15.3. The summed E-state index contributed by atoms with van der Waals surface area (Å²) in [5, 5.41) is 11.5. The Morgan fingerprint density at radius 2 is 1.76 bits per heavy atom. The minimum absolute atomic E-state index is 0.281. The van der Waals surface area contributed by atoms with E-state index in [2.05, 4.69) is 0 Å². The van der Waals surface area contributed by atoms with Gasteiger partial charge in [-0.3, -0.25) is 4.90 Å². The van der Waals surface area contributed by atoms with Gasteiger partial charge in [-0.15, -0.1) is 0 Å². The van der Waals surface area contributed by atoms with Crippen LogP contribution in [0.1, 0.15) is 34.1 Å². The van der Waals surface area contributed by atoms with E-state index in [1.165, 1.54) is 0 Å². The SMILES string of the molecule is CCC([O])N1CCN(C(=O)OC(C)(C)C)CC1. The van der Waals surface area contributed by atoms with E-state index in [1.807, 2.05) is 32.6 Å². The molecule has 1 saturated heterocycles. The molecule has 0 saturated carbocycles. The highest BCUT2D eigenvalue weighted by atomic mass is 16.6. The van der Waals surface area contributed by atoms with Crippen LogP contribution < -0.4 is 0 Å². The van der Waals surface area contributed by atoms with Crippen molar-refractivity contribution in [2.24, 2.45) is 0 Å². The normalized spacial score (nSPS) is 20.2. The quantitative estimate of drug-likeness (QED) is 0.742. The Labute approximate surface area is 103 Å². The molecule has 1 aliphatic rings. The Morgan fingerprint density at radius 1 is 1.24 bits per heavy atom. The second kappa shape index (κ2) is 5.69. The Morgan fingerprint density at radius 3 is 2.18 bits per heavy atom. The third kappa shape index (κ3) is 4.52. The van der Waals surface area contributed by atoms with E-state index in [1.54, 1.807) is 4.90 Å². The van der Waals surface area contributed by atoms with Crippen LogP contribution in [0.15, 0.2) is 0 Å². The minimum atomic E-state index is -0.643. The fraction of sp³-hybridized carbons (Fsp3) is 0.917. The molecule has 1 radical (unpaired) electrons. The maximum Gasteiger partial charge on any atom is 0.410 e. The van der Waals surface area contributed by atoms with Gasteiger partial charge in [0.15, 0.2) is 0 Å². The first kappa shape index (κ1) is 14.3. The average molecular weight is 243 g/mol. The third-order valence-corrected chi connectivity index (χ3v) is 2.72. The number of rotatable bonds is 2. The minimum Gasteiger partial charge on any atom is -0.444 e. The largest absolute Gasteiger partial charge is 0.444 e. The van der Waals surface area contributed by atoms with Gasteiger partial charge in [0.05, 0.1) is 0 Å². The van der Waals surface area contributed by atoms with E-state index in [9.17, 15) is 9.90 Å². The standard InChI is InChI=1S/C12H23N2O3/c1-5-10(15)13-6-8-14(9-7-13)11(16)17-12(2,3)4/h10H,5-9H2,1-4H3. The predicted octanol–water partition coefficient (Wildman–Crippen LogP) is 1.71. The second-order valence-electron chi connectivity index (χ2n) is 5.37. The molecule has 0 bridgehead atoms. The van der Waals surface area contributed by atoms with Gasteiger partial charge in [-0.2, -0.15) is 0 Å². The van der Waals surface area contributed by atoms with Gasteiger partial charge in [-0.25, -0.2) is 9.90 Å². The first-order valence-electron chi connectivity index (χ1n) is 6.21. The van der Waals surface area contributed by atoms with E-state index in [0.717, 1.165) is 0 Å². The van der Waals surface area contributed by atoms with E-state index in [-0.39, 0.29) is 6.09 Å². The summed E-state index contributed by atoms with van der Waals surface area (Å²) in [5.74, 6) is 0. The molecular weight excluding hydrogens is 220 g/mol. The lowest BCUT2D eigenvalue weighted by Gasteiger charge is -2.36. The molecule has 0 aromatic carbocycles. The molecule has 17 heavy (non-hydrogen) atoms. The molecule has 5 nitrogen and oxygen atoms in total. The highest BCUT2D eigenvalue weighted by Crippen LogP contribution is 2.13. The molecule has 1 unspecified atom stereocenters. The number of piperazine rings is 1. The molecule has 0 N–H and O–H groups in total. The van der Waals surface area contributed by atoms with Crippen LogP contribution in [0.2, 0.25) is 0 Å². The molecule has 5 heteroatoms. The topological polar surface area (TPSA) is 52.7 Å². The number of hydrogen-bond donors (Lipinski definition) is 0. The van der Waals surface area contributed by atoms with E-state index >= 15 is 0 Å². The Hall–Kier alpha value is -0.810. The van der Waals surface area contributed by atoms with Gasteiger partial charge < -0.3 is 9.64 Å². The van der Waals surface area contributed by atoms with Gasteiger partial charge in [-0.1, -0.05) is 6.92 Å². The van der Waals surface area contributed by atoms with Gasteiger partial charge >= 0.3 is 6.09 Å². The number of ether oxygens (including phenoxy) is 1. The van der Waals surface area contributed by atoms with Gasteiger partial charge in [-0.05, 0) is 27.2 Å². The zero-order valence-electron chi connectivity index (χ0n) is 11.2. The zero-order valence-corrected chi connectivity index (χ0v) is 11.2. The second-order valence-corrected chi connectivity index (χ2v) is 5.37. The number of amides is 1. The van der Waals surface area contributed by atoms with Crippen molar-refractivity contribution < 1.29 is 14.6 Å². The Bertz CT molecular complexity index is 255. The van der Waals surface area contributed by atoms with Crippen molar-refractivity contribution in [2.75, 3.05) is 26.2 Å². The molecular formula is C12H23N2O3. The van der Waals surface area contributed by atoms with Crippen LogP contribution in [0.25, 0.3) is 0 Å². The van der Waals surface area contributed by atoms with Crippen LogP contribution >= 0.6 is 0 Å². The number of nitrogens with zero attached hydrogens (tertiary/aromatic N) is 2. The van der Waals surface area contributed by atoms with E-state index < -0.39 is 11.8 Å². The van der Waals surface area contributed by atoms with Crippen molar-refractivity contribution >= 4 is 6.09 Å². The van der Waals surface area contributed by atoms with Crippen LogP contribution in [-0.4, -0.2) is 53.9 Å². The summed E-state index contributed by atoms with van der Waals surface area (Å²) in [6.45, 7) is 9.88. The molecule has 1 rings (SSSR count). The molecule has 1 atom stereocenters. The maximum absolute atomic E-state index is 11.8. The highest BCUT2D eigenvalue weighted by molar-refractivity contribution is 5.68. The summed E-state index contributed by atoms with van der Waals surface area (Å²) in [6.07, 6.45) is -0.321. The molecule has 1 fully saturated rings. The van der Waals surface area contributed by atoms with Crippen molar-refractivity contribution in [3.8, 4) is 0 Å². The first-order valence-corrected chi connectivity index (χ1v) is 6.21. The first-order chi connectivity index (χ1) is 7.83. The smallest absolute Gasteiger partial charge is 0.410 e. The van der Waals surface area contributed by atoms with Gasteiger partial charge in [0.2, 0.25) is 0 Å². The number of carbonyl (C=O) groups is 1.